The first-order chi connectivity index (χ1) is 10.2. The van der Waals surface area contributed by atoms with E-state index in [4.69, 9.17) is 8.85 Å². The van der Waals surface area contributed by atoms with Crippen LogP contribution in [0.3, 0.4) is 0 Å². The molecule has 0 unspecified atom stereocenters. The summed E-state index contributed by atoms with van der Waals surface area (Å²) in [5.41, 5.74) is 5.05. The maximum Gasteiger partial charge on any atom is 0.356 e. The highest BCUT2D eigenvalue weighted by atomic mass is 28.3. The highest BCUT2D eigenvalue weighted by Gasteiger charge is 2.21. The van der Waals surface area contributed by atoms with Crippen LogP contribution in [0.25, 0.3) is 11.1 Å². The smallest absolute Gasteiger partial charge is 0.356 e. The molecule has 2 aromatic carbocycles. The van der Waals surface area contributed by atoms with E-state index in [2.05, 4.69) is 50.2 Å². The van der Waals surface area contributed by atoms with Gasteiger partial charge in [0.15, 0.2) is 0 Å². The van der Waals surface area contributed by atoms with Crippen molar-refractivity contribution < 1.29 is 8.85 Å². The third-order valence-corrected chi connectivity index (χ3v) is 6.23. The fourth-order valence-electron chi connectivity index (χ4n) is 2.66. The highest BCUT2D eigenvalue weighted by Crippen LogP contribution is 2.21. The van der Waals surface area contributed by atoms with Gasteiger partial charge in [0.2, 0.25) is 0 Å². The van der Waals surface area contributed by atoms with Gasteiger partial charge in [-0.2, -0.15) is 0 Å². The Morgan fingerprint density at radius 2 is 1.33 bits per heavy atom. The molecule has 0 aliphatic rings. The van der Waals surface area contributed by atoms with Gasteiger partial charge in [-0.3, -0.25) is 0 Å². The van der Waals surface area contributed by atoms with Crippen LogP contribution in [0, 0.1) is 13.8 Å². The summed E-state index contributed by atoms with van der Waals surface area (Å²) < 4.78 is 11.8. The SMILES string of the molecule is CCO[SiH](OCC)c1c(C)cc(-c2ccccc2)cc1C. The largest absolute Gasteiger partial charge is 0.394 e. The van der Waals surface area contributed by atoms with Crippen LogP contribution in [0.4, 0.5) is 0 Å². The molecule has 112 valence electrons. The second-order valence-electron chi connectivity index (χ2n) is 5.13. The van der Waals surface area contributed by atoms with Gasteiger partial charge in [-0.25, -0.2) is 0 Å². The molecule has 0 radical (unpaired) electrons. The Balaban J connectivity index is 2.41. The molecule has 0 heterocycles. The quantitative estimate of drug-likeness (QED) is 0.761. The molecule has 0 saturated carbocycles. The van der Waals surface area contributed by atoms with E-state index in [1.165, 1.54) is 27.4 Å². The molecule has 2 aromatic rings. The van der Waals surface area contributed by atoms with Gasteiger partial charge in [-0.1, -0.05) is 42.5 Å². The Hall–Kier alpha value is -1.42. The zero-order valence-corrected chi connectivity index (χ0v) is 14.5. The predicted molar refractivity (Wildman–Crippen MR) is 91.4 cm³/mol. The van der Waals surface area contributed by atoms with E-state index >= 15 is 0 Å². The van der Waals surface area contributed by atoms with Gasteiger partial charge in [0.05, 0.1) is 0 Å². The molecule has 0 amide bonds. The number of aryl methyl sites for hydroxylation is 2. The molecular formula is C18H24O2Si. The normalized spacial score (nSPS) is 11.1. The summed E-state index contributed by atoms with van der Waals surface area (Å²) >= 11 is 0. The van der Waals surface area contributed by atoms with Crippen LogP contribution in [0.15, 0.2) is 42.5 Å². The molecule has 0 N–H and O–H groups in total. The first-order valence-electron chi connectivity index (χ1n) is 7.57. The molecular weight excluding hydrogens is 276 g/mol. The number of hydrogen-bond acceptors (Lipinski definition) is 2. The molecule has 0 atom stereocenters. The van der Waals surface area contributed by atoms with E-state index in [1.807, 2.05) is 19.9 Å². The van der Waals surface area contributed by atoms with Crippen LogP contribution < -0.4 is 5.19 Å². The first-order valence-corrected chi connectivity index (χ1v) is 9.09. The Bertz CT molecular complexity index is 552. The summed E-state index contributed by atoms with van der Waals surface area (Å²) in [6, 6.07) is 15.0. The van der Waals surface area contributed by atoms with Gasteiger partial charge in [0.1, 0.15) is 0 Å². The minimum atomic E-state index is -1.79. The van der Waals surface area contributed by atoms with Crippen molar-refractivity contribution in [3.8, 4) is 11.1 Å². The maximum atomic E-state index is 5.89. The van der Waals surface area contributed by atoms with Crippen LogP contribution in [0.5, 0.6) is 0 Å². The predicted octanol–water partition coefficient (Wildman–Crippen LogP) is 3.47. The molecule has 0 bridgehead atoms. The van der Waals surface area contributed by atoms with Crippen LogP contribution >= 0.6 is 0 Å². The summed E-state index contributed by atoms with van der Waals surface area (Å²) in [6.45, 7) is 9.79. The van der Waals surface area contributed by atoms with Crippen molar-refractivity contribution in [3.63, 3.8) is 0 Å². The molecule has 2 rings (SSSR count). The zero-order chi connectivity index (χ0) is 15.2. The van der Waals surface area contributed by atoms with Gasteiger partial charge in [-0.15, -0.1) is 0 Å². The van der Waals surface area contributed by atoms with E-state index in [1.54, 1.807) is 0 Å². The van der Waals surface area contributed by atoms with E-state index in [9.17, 15) is 0 Å². The molecule has 0 aliphatic carbocycles. The van der Waals surface area contributed by atoms with E-state index in [0.29, 0.717) is 13.2 Å². The minimum Gasteiger partial charge on any atom is -0.394 e. The fourth-order valence-corrected chi connectivity index (χ4v) is 4.61. The summed E-state index contributed by atoms with van der Waals surface area (Å²) in [5.74, 6) is 0. The Labute approximate surface area is 129 Å². The van der Waals surface area contributed by atoms with E-state index < -0.39 is 9.28 Å². The van der Waals surface area contributed by atoms with E-state index in [0.717, 1.165) is 0 Å². The Morgan fingerprint density at radius 1 is 0.810 bits per heavy atom. The molecule has 3 heteroatoms. The summed E-state index contributed by atoms with van der Waals surface area (Å²) in [6.07, 6.45) is 0. The number of rotatable bonds is 6. The monoisotopic (exact) mass is 300 g/mol. The standard InChI is InChI=1S/C18H24O2Si/c1-5-19-21(20-6-2)18-14(3)12-17(13-15(18)4)16-10-8-7-9-11-16/h7-13,21H,5-6H2,1-4H3. The van der Waals surface area contributed by atoms with Crippen molar-refractivity contribution in [2.45, 2.75) is 27.7 Å². The summed E-state index contributed by atoms with van der Waals surface area (Å²) in [5, 5.41) is 1.29. The minimum absolute atomic E-state index is 0.705. The average Bonchev–Trinajstić information content (AvgIpc) is 2.48. The molecule has 0 aromatic heterocycles. The van der Waals surface area contributed by atoms with Crippen LogP contribution in [-0.4, -0.2) is 22.5 Å². The second kappa shape index (κ2) is 7.55. The molecule has 21 heavy (non-hydrogen) atoms. The van der Waals surface area contributed by atoms with Gasteiger partial charge < -0.3 is 8.85 Å². The lowest BCUT2D eigenvalue weighted by Crippen LogP contribution is -2.40. The summed E-state index contributed by atoms with van der Waals surface area (Å²) in [7, 11) is -1.79. The van der Waals surface area contributed by atoms with Crippen molar-refractivity contribution in [2.75, 3.05) is 13.2 Å². The average molecular weight is 300 g/mol. The van der Waals surface area contributed by atoms with Crippen molar-refractivity contribution in [1.29, 1.82) is 0 Å². The van der Waals surface area contributed by atoms with Gasteiger partial charge in [0.25, 0.3) is 0 Å². The Kier molecular flexibility index (Phi) is 5.73. The summed E-state index contributed by atoms with van der Waals surface area (Å²) in [4.78, 5) is 0. The zero-order valence-electron chi connectivity index (χ0n) is 13.3. The van der Waals surface area contributed by atoms with Crippen LogP contribution in [0.1, 0.15) is 25.0 Å². The third kappa shape index (κ3) is 3.82. The lowest BCUT2D eigenvalue weighted by Gasteiger charge is -2.20. The van der Waals surface area contributed by atoms with Crippen molar-refractivity contribution >= 4 is 14.5 Å². The lowest BCUT2D eigenvalue weighted by molar-refractivity contribution is 0.225. The van der Waals surface area contributed by atoms with Gasteiger partial charge in [0, 0.05) is 13.2 Å². The molecule has 2 nitrogen and oxygen atoms in total. The number of benzene rings is 2. The number of hydrogen-bond donors (Lipinski definition) is 0. The van der Waals surface area contributed by atoms with Gasteiger partial charge >= 0.3 is 9.28 Å². The van der Waals surface area contributed by atoms with E-state index in [-0.39, 0.29) is 0 Å². The first kappa shape index (κ1) is 16.0. The molecule has 0 fully saturated rings. The molecule has 0 spiro atoms. The lowest BCUT2D eigenvalue weighted by atomic mass is 10.0. The third-order valence-electron chi connectivity index (χ3n) is 3.57. The van der Waals surface area contributed by atoms with Crippen LogP contribution in [0.2, 0.25) is 0 Å². The maximum absolute atomic E-state index is 5.89. The van der Waals surface area contributed by atoms with Crippen molar-refractivity contribution in [1.82, 2.24) is 0 Å². The van der Waals surface area contributed by atoms with Gasteiger partial charge in [-0.05, 0) is 55.1 Å². The molecule has 0 saturated heterocycles. The van der Waals surface area contributed by atoms with Crippen molar-refractivity contribution in [2.24, 2.45) is 0 Å². The van der Waals surface area contributed by atoms with Crippen molar-refractivity contribution in [3.05, 3.63) is 53.6 Å². The molecule has 0 aliphatic heterocycles. The fraction of sp³-hybridized carbons (Fsp3) is 0.333. The Morgan fingerprint density at radius 3 is 1.81 bits per heavy atom. The second-order valence-corrected chi connectivity index (χ2v) is 7.04. The van der Waals surface area contributed by atoms with Crippen LogP contribution in [-0.2, 0) is 8.85 Å². The highest BCUT2D eigenvalue weighted by molar-refractivity contribution is 6.62. The topological polar surface area (TPSA) is 18.5 Å².